The Kier molecular flexibility index (Phi) is 6.84. The Bertz CT molecular complexity index is 1060. The van der Waals surface area contributed by atoms with Crippen LogP contribution >= 0.6 is 0 Å². The van der Waals surface area contributed by atoms with Crippen molar-refractivity contribution in [2.24, 2.45) is 0 Å². The van der Waals surface area contributed by atoms with Gasteiger partial charge in [-0.15, -0.1) is 0 Å². The number of hydrogen-bond donors (Lipinski definition) is 1. The molecule has 2 aromatic carbocycles. The van der Waals surface area contributed by atoms with Crippen LogP contribution in [0.4, 0.5) is 5.95 Å². The monoisotopic (exact) mass is 432 g/mol. The molecule has 3 aromatic rings. The van der Waals surface area contributed by atoms with Gasteiger partial charge in [-0.3, -0.25) is 4.79 Å². The van der Waals surface area contributed by atoms with Crippen LogP contribution in [-0.2, 0) is 6.54 Å². The molecule has 0 atom stereocenters. The standard InChI is InChI=1S/C25H28N4O3/c1-31-22-8-6-7-20(23(22)32-2)17-27-24(30)19-11-9-18(10-12-19)21-13-14-26-25(28-21)29-15-4-3-5-16-29/h6-14H,3-5,15-17H2,1-2H3,(H,27,30). The van der Waals surface area contributed by atoms with Gasteiger partial charge < -0.3 is 19.7 Å². The zero-order chi connectivity index (χ0) is 22.3. The Hall–Kier alpha value is -3.61. The summed E-state index contributed by atoms with van der Waals surface area (Å²) >= 11 is 0. The lowest BCUT2D eigenvalue weighted by atomic mass is 10.1. The summed E-state index contributed by atoms with van der Waals surface area (Å²) in [4.78, 5) is 24.1. The first-order valence-corrected chi connectivity index (χ1v) is 10.9. The number of aromatic nitrogens is 2. The molecule has 2 heterocycles. The van der Waals surface area contributed by atoms with Crippen LogP contribution in [0.5, 0.6) is 11.5 Å². The number of rotatable bonds is 7. The van der Waals surface area contributed by atoms with Crippen LogP contribution in [0.25, 0.3) is 11.3 Å². The largest absolute Gasteiger partial charge is 0.493 e. The zero-order valence-corrected chi connectivity index (χ0v) is 18.5. The number of nitrogens with zero attached hydrogens (tertiary/aromatic N) is 3. The van der Waals surface area contributed by atoms with Gasteiger partial charge in [0.05, 0.1) is 19.9 Å². The minimum absolute atomic E-state index is 0.155. The van der Waals surface area contributed by atoms with Crippen LogP contribution in [0.2, 0.25) is 0 Å². The summed E-state index contributed by atoms with van der Waals surface area (Å²) in [5.74, 6) is 1.88. The second-order valence-corrected chi connectivity index (χ2v) is 7.70. The fourth-order valence-corrected chi connectivity index (χ4v) is 3.92. The van der Waals surface area contributed by atoms with Crippen molar-refractivity contribution in [3.63, 3.8) is 0 Å². The summed E-state index contributed by atoms with van der Waals surface area (Å²) in [6.07, 6.45) is 5.43. The van der Waals surface area contributed by atoms with E-state index in [9.17, 15) is 4.79 Å². The first-order chi connectivity index (χ1) is 15.7. The predicted molar refractivity (Wildman–Crippen MR) is 124 cm³/mol. The topological polar surface area (TPSA) is 76.6 Å². The average Bonchev–Trinajstić information content (AvgIpc) is 2.87. The predicted octanol–water partition coefficient (Wildman–Crippen LogP) is 4.08. The van der Waals surface area contributed by atoms with Gasteiger partial charge >= 0.3 is 0 Å². The van der Waals surface area contributed by atoms with Crippen LogP contribution in [0, 0.1) is 0 Å². The van der Waals surface area contributed by atoms with Crippen molar-refractivity contribution in [2.45, 2.75) is 25.8 Å². The second kappa shape index (κ2) is 10.1. The van der Waals surface area contributed by atoms with Crippen molar-refractivity contribution in [2.75, 3.05) is 32.2 Å². The van der Waals surface area contributed by atoms with Crippen LogP contribution in [-0.4, -0.2) is 43.2 Å². The Morgan fingerprint density at radius 1 is 1.00 bits per heavy atom. The van der Waals surface area contributed by atoms with Gasteiger partial charge in [-0.1, -0.05) is 24.3 Å². The molecular formula is C25H28N4O3. The molecule has 166 valence electrons. The number of piperidine rings is 1. The number of carbonyl (C=O) groups is 1. The number of ether oxygens (including phenoxy) is 2. The molecule has 1 saturated heterocycles. The van der Waals surface area contributed by atoms with Crippen molar-refractivity contribution >= 4 is 11.9 Å². The van der Waals surface area contributed by atoms with Crippen molar-refractivity contribution in [1.82, 2.24) is 15.3 Å². The highest BCUT2D eigenvalue weighted by Crippen LogP contribution is 2.30. The molecule has 1 aromatic heterocycles. The molecule has 1 aliphatic heterocycles. The zero-order valence-electron chi connectivity index (χ0n) is 18.5. The lowest BCUT2D eigenvalue weighted by Crippen LogP contribution is -2.30. The van der Waals surface area contributed by atoms with E-state index in [0.29, 0.717) is 23.6 Å². The number of anilines is 1. The maximum atomic E-state index is 12.7. The number of benzene rings is 2. The van der Waals surface area contributed by atoms with E-state index in [-0.39, 0.29) is 5.91 Å². The third-order valence-electron chi connectivity index (χ3n) is 5.65. The number of para-hydroxylation sites is 1. The van der Waals surface area contributed by atoms with E-state index in [1.165, 1.54) is 19.3 Å². The minimum Gasteiger partial charge on any atom is -0.493 e. The molecule has 0 bridgehead atoms. The maximum Gasteiger partial charge on any atom is 0.251 e. The maximum absolute atomic E-state index is 12.7. The molecule has 0 radical (unpaired) electrons. The van der Waals surface area contributed by atoms with Crippen LogP contribution < -0.4 is 19.7 Å². The van der Waals surface area contributed by atoms with Crippen molar-refractivity contribution in [3.8, 4) is 22.8 Å². The number of carbonyl (C=O) groups excluding carboxylic acids is 1. The number of hydrogen-bond acceptors (Lipinski definition) is 6. The smallest absolute Gasteiger partial charge is 0.251 e. The van der Waals surface area contributed by atoms with Crippen molar-refractivity contribution < 1.29 is 14.3 Å². The normalized spacial score (nSPS) is 13.5. The van der Waals surface area contributed by atoms with Crippen molar-refractivity contribution in [3.05, 3.63) is 65.9 Å². The van der Waals surface area contributed by atoms with E-state index in [0.717, 1.165) is 35.9 Å². The lowest BCUT2D eigenvalue weighted by molar-refractivity contribution is 0.0950. The molecule has 1 N–H and O–H groups in total. The minimum atomic E-state index is -0.155. The van der Waals surface area contributed by atoms with Gasteiger partial charge in [0.1, 0.15) is 0 Å². The van der Waals surface area contributed by atoms with E-state index >= 15 is 0 Å². The molecule has 0 aliphatic carbocycles. The van der Waals surface area contributed by atoms with E-state index in [1.807, 2.05) is 48.5 Å². The third kappa shape index (κ3) is 4.82. The van der Waals surface area contributed by atoms with Gasteiger partial charge in [0.2, 0.25) is 5.95 Å². The third-order valence-corrected chi connectivity index (χ3v) is 5.65. The van der Waals surface area contributed by atoms with E-state index in [1.54, 1.807) is 20.4 Å². The summed E-state index contributed by atoms with van der Waals surface area (Å²) in [5.41, 5.74) is 3.24. The van der Waals surface area contributed by atoms with E-state index in [2.05, 4.69) is 15.2 Å². The molecule has 0 saturated carbocycles. The molecule has 32 heavy (non-hydrogen) atoms. The van der Waals surface area contributed by atoms with Gasteiger partial charge in [-0.05, 0) is 43.5 Å². The summed E-state index contributed by atoms with van der Waals surface area (Å²) in [7, 11) is 3.18. The Morgan fingerprint density at radius 3 is 2.50 bits per heavy atom. The first kappa shape index (κ1) is 21.6. The van der Waals surface area contributed by atoms with Gasteiger partial charge in [-0.25, -0.2) is 9.97 Å². The summed E-state index contributed by atoms with van der Waals surface area (Å²) in [6, 6.07) is 15.0. The Labute approximate surface area is 188 Å². The summed E-state index contributed by atoms with van der Waals surface area (Å²) < 4.78 is 10.8. The van der Waals surface area contributed by atoms with Gasteiger partial charge in [0.15, 0.2) is 11.5 Å². The molecular weight excluding hydrogens is 404 g/mol. The Morgan fingerprint density at radius 2 is 1.78 bits per heavy atom. The molecule has 0 unspecified atom stereocenters. The lowest BCUT2D eigenvalue weighted by Gasteiger charge is -2.26. The van der Waals surface area contributed by atoms with Gasteiger partial charge in [0.25, 0.3) is 5.91 Å². The summed E-state index contributed by atoms with van der Waals surface area (Å²) in [6.45, 7) is 2.34. The molecule has 1 aliphatic rings. The second-order valence-electron chi connectivity index (χ2n) is 7.70. The fourth-order valence-electron chi connectivity index (χ4n) is 3.92. The fraction of sp³-hybridized carbons (Fsp3) is 0.320. The molecule has 7 heteroatoms. The van der Waals surface area contributed by atoms with Gasteiger partial charge in [0, 0.05) is 42.5 Å². The number of amides is 1. The highest BCUT2D eigenvalue weighted by molar-refractivity contribution is 5.94. The molecule has 7 nitrogen and oxygen atoms in total. The van der Waals surface area contributed by atoms with Crippen LogP contribution in [0.15, 0.2) is 54.7 Å². The van der Waals surface area contributed by atoms with Crippen LogP contribution in [0.3, 0.4) is 0 Å². The SMILES string of the molecule is COc1cccc(CNC(=O)c2ccc(-c3ccnc(N4CCCCC4)n3)cc2)c1OC. The molecule has 1 fully saturated rings. The quantitative estimate of drug-likeness (QED) is 0.606. The van der Waals surface area contributed by atoms with E-state index in [4.69, 9.17) is 14.5 Å². The molecule has 4 rings (SSSR count). The highest BCUT2D eigenvalue weighted by Gasteiger charge is 2.15. The van der Waals surface area contributed by atoms with Gasteiger partial charge in [-0.2, -0.15) is 0 Å². The molecule has 1 amide bonds. The van der Waals surface area contributed by atoms with E-state index < -0.39 is 0 Å². The summed E-state index contributed by atoms with van der Waals surface area (Å²) in [5, 5.41) is 2.95. The number of nitrogens with one attached hydrogen (secondary N) is 1. The molecule has 0 spiro atoms. The number of methoxy groups -OCH3 is 2. The highest BCUT2D eigenvalue weighted by atomic mass is 16.5. The van der Waals surface area contributed by atoms with Crippen molar-refractivity contribution in [1.29, 1.82) is 0 Å². The first-order valence-electron chi connectivity index (χ1n) is 10.9. The Balaban J connectivity index is 1.43. The average molecular weight is 433 g/mol. The van der Waals surface area contributed by atoms with Crippen LogP contribution in [0.1, 0.15) is 35.2 Å².